The molecule has 8 heteroatoms. The van der Waals surface area contributed by atoms with E-state index in [0.717, 1.165) is 13.8 Å². The van der Waals surface area contributed by atoms with Gasteiger partial charge in [0.15, 0.2) is 5.13 Å². The van der Waals surface area contributed by atoms with E-state index in [9.17, 15) is 9.59 Å². The van der Waals surface area contributed by atoms with E-state index >= 15 is 0 Å². The minimum atomic E-state index is -0.710. The van der Waals surface area contributed by atoms with E-state index in [0.29, 0.717) is 17.2 Å². The van der Waals surface area contributed by atoms with Gasteiger partial charge in [-0.15, -0.1) is 0 Å². The SMILES string of the molecule is CN1CC(OC(=O)c2cccc(I)c2)N(c2nc3ccccc3s2)C1=O. The Morgan fingerprint density at radius 1 is 1.27 bits per heavy atom. The minimum absolute atomic E-state index is 0.232. The van der Waals surface area contributed by atoms with Gasteiger partial charge in [-0.25, -0.2) is 19.5 Å². The molecule has 2 amide bonds. The van der Waals surface area contributed by atoms with Crippen LogP contribution in [0, 0.1) is 3.57 Å². The Morgan fingerprint density at radius 3 is 2.85 bits per heavy atom. The number of carbonyl (C=O) groups excluding carboxylic acids is 2. The number of amides is 2. The summed E-state index contributed by atoms with van der Waals surface area (Å²) < 4.78 is 7.57. The molecule has 1 atom stereocenters. The van der Waals surface area contributed by atoms with Crippen LogP contribution in [0.3, 0.4) is 0 Å². The maximum absolute atomic E-state index is 12.6. The van der Waals surface area contributed by atoms with Crippen molar-refractivity contribution < 1.29 is 14.3 Å². The average Bonchev–Trinajstić information content (AvgIpc) is 3.15. The second-order valence-electron chi connectivity index (χ2n) is 5.87. The van der Waals surface area contributed by atoms with Gasteiger partial charge in [-0.05, 0) is 52.9 Å². The first kappa shape index (κ1) is 17.2. The third-order valence-corrected chi connectivity index (χ3v) is 5.75. The molecule has 1 aromatic heterocycles. The molecular formula is C18H14IN3O3S. The van der Waals surface area contributed by atoms with Crippen molar-refractivity contribution in [2.45, 2.75) is 6.23 Å². The van der Waals surface area contributed by atoms with Crippen molar-refractivity contribution in [2.75, 3.05) is 18.5 Å². The number of nitrogens with zero attached hydrogens (tertiary/aromatic N) is 3. The zero-order valence-electron chi connectivity index (χ0n) is 13.8. The predicted molar refractivity (Wildman–Crippen MR) is 108 cm³/mol. The number of fused-ring (bicyclic) bond motifs is 1. The number of anilines is 1. The number of carbonyl (C=O) groups is 2. The maximum atomic E-state index is 12.6. The lowest BCUT2D eigenvalue weighted by atomic mass is 10.2. The molecule has 0 aliphatic carbocycles. The van der Waals surface area contributed by atoms with Crippen LogP contribution in [0.1, 0.15) is 10.4 Å². The Kier molecular flexibility index (Phi) is 4.53. The van der Waals surface area contributed by atoms with Crippen LogP contribution in [0.2, 0.25) is 0 Å². The molecule has 2 heterocycles. The minimum Gasteiger partial charge on any atom is -0.435 e. The van der Waals surface area contributed by atoms with E-state index in [1.54, 1.807) is 25.2 Å². The first-order valence-electron chi connectivity index (χ1n) is 7.89. The number of benzene rings is 2. The van der Waals surface area contributed by atoms with Crippen molar-refractivity contribution in [1.29, 1.82) is 0 Å². The monoisotopic (exact) mass is 479 g/mol. The van der Waals surface area contributed by atoms with Crippen molar-refractivity contribution in [3.05, 3.63) is 57.7 Å². The lowest BCUT2D eigenvalue weighted by Gasteiger charge is -2.20. The van der Waals surface area contributed by atoms with E-state index in [1.807, 2.05) is 30.3 Å². The Balaban J connectivity index is 1.63. The van der Waals surface area contributed by atoms with E-state index < -0.39 is 12.2 Å². The lowest BCUT2D eigenvalue weighted by Crippen LogP contribution is -2.37. The van der Waals surface area contributed by atoms with E-state index in [2.05, 4.69) is 27.6 Å². The van der Waals surface area contributed by atoms with Crippen molar-refractivity contribution in [1.82, 2.24) is 9.88 Å². The number of thiazole rings is 1. The molecule has 0 bridgehead atoms. The molecule has 3 aromatic rings. The summed E-state index contributed by atoms with van der Waals surface area (Å²) in [6.45, 7) is 0.296. The number of ether oxygens (including phenoxy) is 1. The maximum Gasteiger partial charge on any atom is 0.340 e. The molecule has 26 heavy (non-hydrogen) atoms. The fourth-order valence-corrected chi connectivity index (χ4v) is 4.31. The molecular weight excluding hydrogens is 465 g/mol. The molecule has 0 radical (unpaired) electrons. The molecule has 6 nitrogen and oxygen atoms in total. The highest BCUT2D eigenvalue weighted by Crippen LogP contribution is 2.33. The fraction of sp³-hybridized carbons (Fsp3) is 0.167. The van der Waals surface area contributed by atoms with Gasteiger partial charge in [0, 0.05) is 10.6 Å². The van der Waals surface area contributed by atoms with E-state index in [4.69, 9.17) is 4.74 Å². The van der Waals surface area contributed by atoms with Crippen molar-refractivity contribution in [3.8, 4) is 0 Å². The van der Waals surface area contributed by atoms with Gasteiger partial charge in [0.2, 0.25) is 6.23 Å². The van der Waals surface area contributed by atoms with Crippen LogP contribution < -0.4 is 4.90 Å². The highest BCUT2D eigenvalue weighted by atomic mass is 127. The Morgan fingerprint density at radius 2 is 2.08 bits per heavy atom. The summed E-state index contributed by atoms with van der Waals surface area (Å²) in [6.07, 6.45) is -0.710. The molecule has 0 spiro atoms. The zero-order chi connectivity index (χ0) is 18.3. The quantitative estimate of drug-likeness (QED) is 0.422. The van der Waals surface area contributed by atoms with E-state index in [1.165, 1.54) is 21.1 Å². The number of urea groups is 1. The largest absolute Gasteiger partial charge is 0.435 e. The van der Waals surface area contributed by atoms with Crippen LogP contribution in [0.25, 0.3) is 10.2 Å². The van der Waals surface area contributed by atoms with Gasteiger partial charge in [0.25, 0.3) is 0 Å². The van der Waals surface area contributed by atoms with Crippen LogP contribution in [-0.4, -0.2) is 41.7 Å². The van der Waals surface area contributed by atoms with Crippen LogP contribution in [0.4, 0.5) is 9.93 Å². The number of halogens is 1. The molecule has 0 N–H and O–H groups in total. The Hall–Kier alpha value is -2.20. The molecule has 132 valence electrons. The molecule has 1 aliphatic heterocycles. The van der Waals surface area contributed by atoms with Crippen LogP contribution in [0.15, 0.2) is 48.5 Å². The number of aromatic nitrogens is 1. The second kappa shape index (κ2) is 6.84. The van der Waals surface area contributed by atoms with Crippen LogP contribution >= 0.6 is 33.9 Å². The van der Waals surface area contributed by atoms with Gasteiger partial charge in [0.1, 0.15) is 0 Å². The van der Waals surface area contributed by atoms with Gasteiger partial charge in [-0.2, -0.15) is 0 Å². The predicted octanol–water partition coefficient (Wildman–Crippen LogP) is 3.96. The number of hydrogen-bond donors (Lipinski definition) is 0. The first-order chi connectivity index (χ1) is 12.5. The van der Waals surface area contributed by atoms with Gasteiger partial charge in [-0.3, -0.25) is 0 Å². The molecule has 1 aliphatic rings. The number of hydrogen-bond acceptors (Lipinski definition) is 5. The van der Waals surface area contributed by atoms with Crippen molar-refractivity contribution >= 4 is 61.3 Å². The summed E-state index contributed by atoms with van der Waals surface area (Å²) in [7, 11) is 1.68. The van der Waals surface area contributed by atoms with Crippen LogP contribution in [-0.2, 0) is 4.74 Å². The highest BCUT2D eigenvalue weighted by molar-refractivity contribution is 14.1. The second-order valence-corrected chi connectivity index (χ2v) is 8.12. The number of likely N-dealkylation sites (N-methyl/N-ethyl adjacent to an activating group) is 1. The molecule has 4 rings (SSSR count). The summed E-state index contributed by atoms with van der Waals surface area (Å²) in [4.78, 5) is 32.6. The topological polar surface area (TPSA) is 62.7 Å². The summed E-state index contributed by atoms with van der Waals surface area (Å²) >= 11 is 3.55. The Labute approximate surface area is 167 Å². The van der Waals surface area contributed by atoms with Gasteiger partial charge < -0.3 is 9.64 Å². The molecule has 1 fully saturated rings. The van der Waals surface area contributed by atoms with Gasteiger partial charge in [-0.1, -0.05) is 29.5 Å². The third-order valence-electron chi connectivity index (χ3n) is 4.04. The van der Waals surface area contributed by atoms with Gasteiger partial charge in [0.05, 0.1) is 22.3 Å². The number of rotatable bonds is 3. The molecule has 1 unspecified atom stereocenters. The molecule has 1 saturated heterocycles. The Bertz CT molecular complexity index is 973. The van der Waals surface area contributed by atoms with E-state index in [-0.39, 0.29) is 6.03 Å². The van der Waals surface area contributed by atoms with Crippen molar-refractivity contribution in [3.63, 3.8) is 0 Å². The summed E-state index contributed by atoms with van der Waals surface area (Å²) in [5.74, 6) is -0.456. The molecule has 2 aromatic carbocycles. The summed E-state index contributed by atoms with van der Waals surface area (Å²) in [5, 5.41) is 0.529. The zero-order valence-corrected chi connectivity index (χ0v) is 16.7. The smallest absolute Gasteiger partial charge is 0.340 e. The standard InChI is InChI=1S/C18H14IN3O3S/c1-21-10-15(25-16(23)11-5-4-6-12(19)9-11)22(18(21)24)17-20-13-7-2-3-8-14(13)26-17/h2-9,15H,10H2,1H3. The molecule has 0 saturated carbocycles. The lowest BCUT2D eigenvalue weighted by molar-refractivity contribution is 0.0331. The third kappa shape index (κ3) is 3.14. The highest BCUT2D eigenvalue weighted by Gasteiger charge is 2.40. The summed E-state index contributed by atoms with van der Waals surface area (Å²) in [5.41, 5.74) is 1.28. The fourth-order valence-electron chi connectivity index (χ4n) is 2.77. The average molecular weight is 479 g/mol. The van der Waals surface area contributed by atoms with Crippen LogP contribution in [0.5, 0.6) is 0 Å². The number of esters is 1. The normalized spacial score (nSPS) is 17.2. The first-order valence-corrected chi connectivity index (χ1v) is 9.79. The summed E-state index contributed by atoms with van der Waals surface area (Å²) in [6, 6.07) is 14.6. The van der Waals surface area contributed by atoms with Gasteiger partial charge >= 0.3 is 12.0 Å². The van der Waals surface area contributed by atoms with Crippen molar-refractivity contribution in [2.24, 2.45) is 0 Å². The number of para-hydroxylation sites is 1.